The third kappa shape index (κ3) is 2.22. The first-order valence-corrected chi connectivity index (χ1v) is 5.29. The molecule has 0 amide bonds. The Labute approximate surface area is 81.3 Å². The minimum absolute atomic E-state index is 0.288. The number of aliphatic hydroxyl groups excluding tert-OH is 1. The lowest BCUT2D eigenvalue weighted by atomic mass is 10.0. The lowest BCUT2D eigenvalue weighted by Crippen LogP contribution is -2.59. The molecule has 0 saturated carbocycles. The fourth-order valence-electron chi connectivity index (χ4n) is 2.37. The van der Waals surface area contributed by atoms with Crippen molar-refractivity contribution in [2.24, 2.45) is 0 Å². The average Bonchev–Trinajstić information content (AvgIpc) is 2.17. The predicted molar refractivity (Wildman–Crippen MR) is 54.8 cm³/mol. The van der Waals surface area contributed by atoms with Gasteiger partial charge in [0, 0.05) is 25.2 Å². The largest absolute Gasteiger partial charge is 0.395 e. The van der Waals surface area contributed by atoms with E-state index in [1.807, 2.05) is 0 Å². The van der Waals surface area contributed by atoms with Gasteiger partial charge in [0.1, 0.15) is 0 Å². The van der Waals surface area contributed by atoms with Gasteiger partial charge in [-0.2, -0.15) is 0 Å². The van der Waals surface area contributed by atoms with Gasteiger partial charge < -0.3 is 10.0 Å². The van der Waals surface area contributed by atoms with Crippen LogP contribution >= 0.6 is 0 Å². The van der Waals surface area contributed by atoms with Crippen LogP contribution in [0.5, 0.6) is 0 Å². The van der Waals surface area contributed by atoms with Crippen LogP contribution in [-0.4, -0.2) is 60.3 Å². The molecule has 1 N–H and O–H groups in total. The Balaban J connectivity index is 2.64. The van der Waals surface area contributed by atoms with Crippen LogP contribution in [0.3, 0.4) is 0 Å². The molecule has 0 spiro atoms. The zero-order valence-corrected chi connectivity index (χ0v) is 9.03. The SMILES string of the molecule is CC[C@H]1[C@@H](CO)N(CC)CCN1C. The minimum Gasteiger partial charge on any atom is -0.395 e. The number of rotatable bonds is 3. The maximum atomic E-state index is 9.34. The fourth-order valence-corrected chi connectivity index (χ4v) is 2.37. The second-order valence-corrected chi connectivity index (χ2v) is 3.83. The van der Waals surface area contributed by atoms with Crippen LogP contribution in [0.25, 0.3) is 0 Å². The van der Waals surface area contributed by atoms with Crippen LogP contribution in [0.15, 0.2) is 0 Å². The van der Waals surface area contributed by atoms with E-state index in [0.29, 0.717) is 12.1 Å². The smallest absolute Gasteiger partial charge is 0.0602 e. The standard InChI is InChI=1S/C10H22N2O/c1-4-9-10(8-13)12(5-2)7-6-11(9)3/h9-10,13H,4-8H2,1-3H3/t9-,10+/m0/s1. The summed E-state index contributed by atoms with van der Waals surface area (Å²) in [5.41, 5.74) is 0. The molecule has 0 radical (unpaired) electrons. The van der Waals surface area contributed by atoms with Crippen molar-refractivity contribution in [1.29, 1.82) is 0 Å². The normalized spacial score (nSPS) is 32.3. The van der Waals surface area contributed by atoms with E-state index in [1.165, 1.54) is 0 Å². The highest BCUT2D eigenvalue weighted by Gasteiger charge is 2.31. The van der Waals surface area contributed by atoms with Crippen LogP contribution in [0.2, 0.25) is 0 Å². The number of nitrogens with zero attached hydrogens (tertiary/aromatic N) is 2. The minimum atomic E-state index is 0.288. The van der Waals surface area contributed by atoms with E-state index in [2.05, 4.69) is 30.7 Å². The molecule has 0 aromatic rings. The zero-order chi connectivity index (χ0) is 9.84. The Morgan fingerprint density at radius 1 is 1.23 bits per heavy atom. The van der Waals surface area contributed by atoms with Crippen LogP contribution in [0.4, 0.5) is 0 Å². The average molecular weight is 186 g/mol. The summed E-state index contributed by atoms with van der Waals surface area (Å²) in [5.74, 6) is 0. The van der Waals surface area contributed by atoms with Crippen LogP contribution < -0.4 is 0 Å². The predicted octanol–water partition coefficient (Wildman–Crippen LogP) is 0.393. The summed E-state index contributed by atoms with van der Waals surface area (Å²) in [6, 6.07) is 0.868. The number of likely N-dealkylation sites (N-methyl/N-ethyl adjacent to an activating group) is 2. The van der Waals surface area contributed by atoms with Gasteiger partial charge in [0.05, 0.1) is 6.61 Å². The highest BCUT2D eigenvalue weighted by Crippen LogP contribution is 2.17. The summed E-state index contributed by atoms with van der Waals surface area (Å²) in [5, 5.41) is 9.34. The summed E-state index contributed by atoms with van der Waals surface area (Å²) >= 11 is 0. The first kappa shape index (κ1) is 11.0. The maximum absolute atomic E-state index is 9.34. The van der Waals surface area contributed by atoms with E-state index in [1.54, 1.807) is 0 Å². The van der Waals surface area contributed by atoms with Crippen molar-refractivity contribution < 1.29 is 5.11 Å². The van der Waals surface area contributed by atoms with Crippen molar-refractivity contribution in [1.82, 2.24) is 9.80 Å². The van der Waals surface area contributed by atoms with Gasteiger partial charge >= 0.3 is 0 Å². The van der Waals surface area contributed by atoms with Crippen molar-refractivity contribution in [3.63, 3.8) is 0 Å². The number of aliphatic hydroxyl groups is 1. The molecule has 1 rings (SSSR count). The van der Waals surface area contributed by atoms with Crippen molar-refractivity contribution in [2.75, 3.05) is 33.3 Å². The highest BCUT2D eigenvalue weighted by atomic mass is 16.3. The van der Waals surface area contributed by atoms with E-state index in [0.717, 1.165) is 26.1 Å². The van der Waals surface area contributed by atoms with Gasteiger partial charge in [0.15, 0.2) is 0 Å². The summed E-state index contributed by atoms with van der Waals surface area (Å²) in [7, 11) is 2.16. The van der Waals surface area contributed by atoms with Crippen LogP contribution in [0, 0.1) is 0 Å². The Morgan fingerprint density at radius 2 is 1.92 bits per heavy atom. The second-order valence-electron chi connectivity index (χ2n) is 3.83. The lowest BCUT2D eigenvalue weighted by molar-refractivity contribution is 0.00608. The lowest BCUT2D eigenvalue weighted by Gasteiger charge is -2.45. The van der Waals surface area contributed by atoms with Crippen LogP contribution in [0.1, 0.15) is 20.3 Å². The van der Waals surface area contributed by atoms with Gasteiger partial charge in [-0.3, -0.25) is 4.90 Å². The molecule has 3 heteroatoms. The zero-order valence-electron chi connectivity index (χ0n) is 9.03. The topological polar surface area (TPSA) is 26.7 Å². The number of piperazine rings is 1. The summed E-state index contributed by atoms with van der Waals surface area (Å²) < 4.78 is 0. The molecule has 78 valence electrons. The van der Waals surface area contributed by atoms with Gasteiger partial charge in [0.25, 0.3) is 0 Å². The molecule has 3 nitrogen and oxygen atoms in total. The molecule has 0 bridgehead atoms. The van der Waals surface area contributed by atoms with Gasteiger partial charge in [-0.1, -0.05) is 13.8 Å². The first-order chi connectivity index (χ1) is 6.24. The quantitative estimate of drug-likeness (QED) is 0.691. The number of hydrogen-bond donors (Lipinski definition) is 1. The summed E-state index contributed by atoms with van der Waals surface area (Å²) in [6.07, 6.45) is 1.12. The number of hydrogen-bond acceptors (Lipinski definition) is 3. The molecule has 1 fully saturated rings. The third-order valence-electron chi connectivity index (χ3n) is 3.23. The first-order valence-electron chi connectivity index (χ1n) is 5.29. The van der Waals surface area contributed by atoms with E-state index < -0.39 is 0 Å². The molecule has 0 aromatic carbocycles. The van der Waals surface area contributed by atoms with E-state index in [4.69, 9.17) is 0 Å². The monoisotopic (exact) mass is 186 g/mol. The molecule has 1 saturated heterocycles. The Hall–Kier alpha value is -0.120. The van der Waals surface area contributed by atoms with Gasteiger partial charge in [-0.05, 0) is 20.0 Å². The maximum Gasteiger partial charge on any atom is 0.0602 e. The summed E-state index contributed by atoms with van der Waals surface area (Å²) in [6.45, 7) is 7.92. The van der Waals surface area contributed by atoms with Crippen molar-refractivity contribution in [3.8, 4) is 0 Å². The van der Waals surface area contributed by atoms with Gasteiger partial charge in [-0.25, -0.2) is 0 Å². The molecular formula is C10H22N2O. The molecule has 1 heterocycles. The van der Waals surface area contributed by atoms with Crippen molar-refractivity contribution in [2.45, 2.75) is 32.4 Å². The van der Waals surface area contributed by atoms with Crippen molar-refractivity contribution in [3.05, 3.63) is 0 Å². The Bertz CT molecular complexity index is 152. The van der Waals surface area contributed by atoms with Crippen molar-refractivity contribution >= 4 is 0 Å². The molecule has 0 unspecified atom stereocenters. The molecular weight excluding hydrogens is 164 g/mol. The summed E-state index contributed by atoms with van der Waals surface area (Å²) in [4.78, 5) is 4.75. The molecule has 0 aromatic heterocycles. The van der Waals surface area contributed by atoms with E-state index >= 15 is 0 Å². The molecule has 2 atom stereocenters. The van der Waals surface area contributed by atoms with Gasteiger partial charge in [-0.15, -0.1) is 0 Å². The molecule has 0 aliphatic carbocycles. The fraction of sp³-hybridized carbons (Fsp3) is 1.00. The van der Waals surface area contributed by atoms with E-state index in [9.17, 15) is 5.11 Å². The Kier molecular flexibility index (Phi) is 4.16. The molecule has 13 heavy (non-hydrogen) atoms. The van der Waals surface area contributed by atoms with E-state index in [-0.39, 0.29) is 6.61 Å². The highest BCUT2D eigenvalue weighted by molar-refractivity contribution is 4.88. The van der Waals surface area contributed by atoms with Gasteiger partial charge in [0.2, 0.25) is 0 Å². The third-order valence-corrected chi connectivity index (χ3v) is 3.23. The Morgan fingerprint density at radius 3 is 2.38 bits per heavy atom. The molecule has 1 aliphatic rings. The second kappa shape index (κ2) is 4.94. The molecule has 1 aliphatic heterocycles. The van der Waals surface area contributed by atoms with Crippen LogP contribution in [-0.2, 0) is 0 Å².